The summed E-state index contributed by atoms with van der Waals surface area (Å²) < 4.78 is 5.32. The SMILES string of the molecule is COc1ccccc1CCNC(=O)c1ccnc(C(=O)NCc2ccncc2)c1. The van der Waals surface area contributed by atoms with Crippen LogP contribution in [0.3, 0.4) is 0 Å². The van der Waals surface area contributed by atoms with E-state index in [2.05, 4.69) is 20.6 Å². The summed E-state index contributed by atoms with van der Waals surface area (Å²) in [5.74, 6) is 0.190. The molecule has 0 unspecified atom stereocenters. The van der Waals surface area contributed by atoms with E-state index in [1.807, 2.05) is 36.4 Å². The van der Waals surface area contributed by atoms with Gasteiger partial charge < -0.3 is 15.4 Å². The maximum atomic E-state index is 12.4. The van der Waals surface area contributed by atoms with Gasteiger partial charge in [-0.3, -0.25) is 19.6 Å². The summed E-state index contributed by atoms with van der Waals surface area (Å²) in [4.78, 5) is 32.8. The van der Waals surface area contributed by atoms with E-state index in [-0.39, 0.29) is 17.5 Å². The first kappa shape index (κ1) is 20.0. The third kappa shape index (κ3) is 5.62. The third-order valence-corrected chi connectivity index (χ3v) is 4.33. The number of hydrogen-bond donors (Lipinski definition) is 2. The molecule has 0 saturated carbocycles. The highest BCUT2D eigenvalue weighted by atomic mass is 16.5. The van der Waals surface area contributed by atoms with Crippen molar-refractivity contribution in [2.24, 2.45) is 0 Å². The molecule has 148 valence electrons. The van der Waals surface area contributed by atoms with Crippen LogP contribution in [0.25, 0.3) is 0 Å². The van der Waals surface area contributed by atoms with Gasteiger partial charge in [0.1, 0.15) is 11.4 Å². The molecule has 2 aromatic heterocycles. The second-order valence-electron chi connectivity index (χ2n) is 6.29. The number of pyridine rings is 2. The van der Waals surface area contributed by atoms with Gasteiger partial charge in [0.05, 0.1) is 7.11 Å². The Morgan fingerprint density at radius 3 is 2.55 bits per heavy atom. The Morgan fingerprint density at radius 1 is 0.966 bits per heavy atom. The van der Waals surface area contributed by atoms with Gasteiger partial charge in [0.15, 0.2) is 0 Å². The maximum absolute atomic E-state index is 12.4. The Hall–Kier alpha value is -3.74. The average molecular weight is 390 g/mol. The number of carbonyl (C=O) groups is 2. The lowest BCUT2D eigenvalue weighted by Crippen LogP contribution is -2.27. The van der Waals surface area contributed by atoms with E-state index in [1.54, 1.807) is 25.6 Å². The largest absolute Gasteiger partial charge is 0.496 e. The van der Waals surface area contributed by atoms with Crippen LogP contribution in [-0.2, 0) is 13.0 Å². The summed E-state index contributed by atoms with van der Waals surface area (Å²) in [7, 11) is 1.62. The van der Waals surface area contributed by atoms with Gasteiger partial charge in [-0.25, -0.2) is 0 Å². The number of nitrogens with one attached hydrogen (secondary N) is 2. The van der Waals surface area contributed by atoms with Crippen molar-refractivity contribution in [2.75, 3.05) is 13.7 Å². The zero-order valence-electron chi connectivity index (χ0n) is 16.1. The Balaban J connectivity index is 1.55. The van der Waals surface area contributed by atoms with Crippen LogP contribution in [0.15, 0.2) is 67.1 Å². The van der Waals surface area contributed by atoms with Gasteiger partial charge in [-0.15, -0.1) is 0 Å². The van der Waals surface area contributed by atoms with E-state index in [0.717, 1.165) is 16.9 Å². The van der Waals surface area contributed by atoms with Crippen LogP contribution in [0.4, 0.5) is 0 Å². The van der Waals surface area contributed by atoms with Crippen molar-refractivity contribution in [2.45, 2.75) is 13.0 Å². The summed E-state index contributed by atoms with van der Waals surface area (Å²) in [6.45, 7) is 0.809. The van der Waals surface area contributed by atoms with Crippen molar-refractivity contribution in [3.63, 3.8) is 0 Å². The molecule has 3 aromatic rings. The number of benzene rings is 1. The Morgan fingerprint density at radius 2 is 1.76 bits per heavy atom. The van der Waals surface area contributed by atoms with Crippen LogP contribution in [0, 0.1) is 0 Å². The highest BCUT2D eigenvalue weighted by molar-refractivity contribution is 5.98. The molecular formula is C22H22N4O3. The number of aromatic nitrogens is 2. The molecule has 0 radical (unpaired) electrons. The van der Waals surface area contributed by atoms with Crippen LogP contribution < -0.4 is 15.4 Å². The number of rotatable bonds is 8. The second-order valence-corrected chi connectivity index (χ2v) is 6.29. The molecule has 0 aliphatic rings. The lowest BCUT2D eigenvalue weighted by atomic mass is 10.1. The monoisotopic (exact) mass is 390 g/mol. The van der Waals surface area contributed by atoms with Crippen LogP contribution >= 0.6 is 0 Å². The van der Waals surface area contributed by atoms with Crippen molar-refractivity contribution in [1.29, 1.82) is 0 Å². The molecule has 2 heterocycles. The molecular weight excluding hydrogens is 368 g/mol. The van der Waals surface area contributed by atoms with Crippen molar-refractivity contribution in [3.8, 4) is 5.75 Å². The minimum Gasteiger partial charge on any atom is -0.496 e. The Bertz CT molecular complexity index is 977. The normalized spacial score (nSPS) is 10.2. The number of methoxy groups -OCH3 is 1. The van der Waals surface area contributed by atoms with Gasteiger partial charge in [0.2, 0.25) is 0 Å². The minimum atomic E-state index is -0.342. The van der Waals surface area contributed by atoms with Crippen molar-refractivity contribution in [1.82, 2.24) is 20.6 Å². The van der Waals surface area contributed by atoms with E-state index in [0.29, 0.717) is 25.1 Å². The van der Waals surface area contributed by atoms with Gasteiger partial charge in [-0.05, 0) is 47.9 Å². The molecule has 2 amide bonds. The predicted octanol–water partition coefficient (Wildman–Crippen LogP) is 2.39. The number of amides is 2. The molecule has 7 heteroatoms. The molecule has 2 N–H and O–H groups in total. The van der Waals surface area contributed by atoms with Crippen LogP contribution in [0.2, 0.25) is 0 Å². The van der Waals surface area contributed by atoms with Gasteiger partial charge in [-0.1, -0.05) is 18.2 Å². The fraction of sp³-hybridized carbons (Fsp3) is 0.182. The van der Waals surface area contributed by atoms with Crippen molar-refractivity contribution < 1.29 is 14.3 Å². The summed E-state index contributed by atoms with van der Waals surface area (Å²) >= 11 is 0. The second kappa shape index (κ2) is 9.98. The molecule has 0 atom stereocenters. The smallest absolute Gasteiger partial charge is 0.270 e. The van der Waals surface area contributed by atoms with Gasteiger partial charge in [0, 0.05) is 37.2 Å². The molecule has 29 heavy (non-hydrogen) atoms. The Labute approximate surface area is 169 Å². The lowest BCUT2D eigenvalue weighted by molar-refractivity contribution is 0.0946. The fourth-order valence-electron chi connectivity index (χ4n) is 2.79. The molecule has 0 aliphatic heterocycles. The van der Waals surface area contributed by atoms with Crippen molar-refractivity contribution >= 4 is 11.8 Å². The number of nitrogens with zero attached hydrogens (tertiary/aromatic N) is 2. The molecule has 0 saturated heterocycles. The molecule has 3 rings (SSSR count). The molecule has 0 fully saturated rings. The number of carbonyl (C=O) groups excluding carboxylic acids is 2. The highest BCUT2D eigenvalue weighted by Gasteiger charge is 2.12. The molecule has 7 nitrogen and oxygen atoms in total. The van der Waals surface area contributed by atoms with E-state index in [1.165, 1.54) is 12.3 Å². The lowest BCUT2D eigenvalue weighted by Gasteiger charge is -2.10. The van der Waals surface area contributed by atoms with E-state index >= 15 is 0 Å². The maximum Gasteiger partial charge on any atom is 0.270 e. The summed E-state index contributed by atoms with van der Waals surface area (Å²) in [5, 5.41) is 5.65. The summed E-state index contributed by atoms with van der Waals surface area (Å²) in [5.41, 5.74) is 2.52. The Kier molecular flexibility index (Phi) is 6.89. The standard InChI is InChI=1S/C22H22N4O3/c1-29-20-5-3-2-4-17(20)8-13-25-21(27)18-9-12-24-19(14-18)22(28)26-15-16-6-10-23-11-7-16/h2-7,9-12,14H,8,13,15H2,1H3,(H,25,27)(H,26,28). The zero-order chi connectivity index (χ0) is 20.5. The minimum absolute atomic E-state index is 0.191. The molecule has 0 spiro atoms. The number of para-hydroxylation sites is 1. The van der Waals surface area contributed by atoms with Gasteiger partial charge in [-0.2, -0.15) is 0 Å². The molecule has 0 bridgehead atoms. The first-order valence-corrected chi connectivity index (χ1v) is 9.20. The van der Waals surface area contributed by atoms with Crippen LogP contribution in [-0.4, -0.2) is 35.4 Å². The van der Waals surface area contributed by atoms with E-state index in [4.69, 9.17) is 4.74 Å². The number of ether oxygens (including phenoxy) is 1. The topological polar surface area (TPSA) is 93.2 Å². The summed E-state index contributed by atoms with van der Waals surface area (Å²) in [6.07, 6.45) is 5.42. The van der Waals surface area contributed by atoms with Gasteiger partial charge in [0.25, 0.3) is 11.8 Å². The predicted molar refractivity (Wildman–Crippen MR) is 109 cm³/mol. The first-order valence-electron chi connectivity index (χ1n) is 9.20. The van der Waals surface area contributed by atoms with E-state index in [9.17, 15) is 9.59 Å². The first-order chi connectivity index (χ1) is 14.2. The van der Waals surface area contributed by atoms with Crippen molar-refractivity contribution in [3.05, 3.63) is 89.5 Å². The molecule has 1 aromatic carbocycles. The van der Waals surface area contributed by atoms with Crippen LogP contribution in [0.5, 0.6) is 5.75 Å². The molecule has 0 aliphatic carbocycles. The third-order valence-electron chi connectivity index (χ3n) is 4.33. The van der Waals surface area contributed by atoms with Gasteiger partial charge >= 0.3 is 0 Å². The highest BCUT2D eigenvalue weighted by Crippen LogP contribution is 2.17. The van der Waals surface area contributed by atoms with E-state index < -0.39 is 0 Å². The van der Waals surface area contributed by atoms with Crippen LogP contribution in [0.1, 0.15) is 32.0 Å². The number of hydrogen-bond acceptors (Lipinski definition) is 5. The fourth-order valence-corrected chi connectivity index (χ4v) is 2.79. The zero-order valence-corrected chi connectivity index (χ0v) is 16.1. The quantitative estimate of drug-likeness (QED) is 0.616. The summed E-state index contributed by atoms with van der Waals surface area (Å²) in [6, 6.07) is 14.4. The average Bonchev–Trinajstić information content (AvgIpc) is 2.78.